The minimum absolute atomic E-state index is 0.267. The monoisotopic (exact) mass is 419 g/mol. The molecule has 30 heavy (non-hydrogen) atoms. The van der Waals surface area contributed by atoms with Crippen LogP contribution in [0.3, 0.4) is 0 Å². The third-order valence-corrected chi connectivity index (χ3v) is 4.62. The van der Waals surface area contributed by atoms with Gasteiger partial charge in [0.05, 0.1) is 11.6 Å². The number of carbonyl (C=O) groups is 1. The van der Waals surface area contributed by atoms with Crippen molar-refractivity contribution in [1.29, 1.82) is 0 Å². The molecule has 0 aliphatic heterocycles. The summed E-state index contributed by atoms with van der Waals surface area (Å²) in [6, 6.07) is 21.7. The van der Waals surface area contributed by atoms with Gasteiger partial charge in [0, 0.05) is 22.4 Å². The van der Waals surface area contributed by atoms with Crippen LogP contribution in [0.15, 0.2) is 77.2 Å². The topological polar surface area (TPSA) is 77.2 Å². The van der Waals surface area contributed by atoms with Crippen LogP contribution in [0.2, 0.25) is 5.02 Å². The maximum atomic E-state index is 12.5. The number of ether oxygens (including phenoxy) is 1. The number of nitrogens with zero attached hydrogens (tertiary/aromatic N) is 2. The maximum Gasteiger partial charge on any atom is 0.255 e. The van der Waals surface area contributed by atoms with Crippen molar-refractivity contribution < 1.29 is 13.9 Å². The van der Waals surface area contributed by atoms with Crippen LogP contribution in [-0.4, -0.2) is 22.7 Å². The Balaban J connectivity index is 1.46. The molecule has 0 unspecified atom stereocenters. The second-order valence-corrected chi connectivity index (χ2v) is 6.80. The van der Waals surface area contributed by atoms with Gasteiger partial charge in [-0.05, 0) is 61.5 Å². The molecule has 0 spiro atoms. The Morgan fingerprint density at radius 3 is 2.27 bits per heavy atom. The standard InChI is InChI=1S/C23H18ClN3O3/c1-2-29-20-13-10-17(14-19(20)24)21(28)25-18-11-8-16(9-12-18)23-27-26-22(30-23)15-6-4-3-5-7-15/h3-14H,2H2,1H3,(H,25,28). The highest BCUT2D eigenvalue weighted by molar-refractivity contribution is 6.32. The summed E-state index contributed by atoms with van der Waals surface area (Å²) in [5, 5.41) is 11.4. The van der Waals surface area contributed by atoms with E-state index in [1.807, 2.05) is 49.4 Å². The smallest absolute Gasteiger partial charge is 0.255 e. The second kappa shape index (κ2) is 8.80. The summed E-state index contributed by atoms with van der Waals surface area (Å²) in [6.45, 7) is 2.38. The van der Waals surface area contributed by atoms with Gasteiger partial charge >= 0.3 is 0 Å². The summed E-state index contributed by atoms with van der Waals surface area (Å²) >= 11 is 6.16. The zero-order chi connectivity index (χ0) is 20.9. The minimum Gasteiger partial charge on any atom is -0.492 e. The highest BCUT2D eigenvalue weighted by Gasteiger charge is 2.12. The summed E-state index contributed by atoms with van der Waals surface area (Å²) < 4.78 is 11.1. The first-order valence-electron chi connectivity index (χ1n) is 9.37. The molecule has 0 saturated carbocycles. The number of nitrogens with one attached hydrogen (secondary N) is 1. The molecule has 0 saturated heterocycles. The highest BCUT2D eigenvalue weighted by atomic mass is 35.5. The number of amides is 1. The molecule has 0 aliphatic rings. The van der Waals surface area contributed by atoms with Crippen molar-refractivity contribution in [3.63, 3.8) is 0 Å². The molecule has 1 aromatic heterocycles. The first-order valence-corrected chi connectivity index (χ1v) is 9.75. The third kappa shape index (κ3) is 4.34. The normalized spacial score (nSPS) is 10.6. The van der Waals surface area contributed by atoms with Gasteiger partial charge in [0.25, 0.3) is 5.91 Å². The molecular weight excluding hydrogens is 402 g/mol. The summed E-state index contributed by atoms with van der Waals surface area (Å²) in [6.07, 6.45) is 0. The lowest BCUT2D eigenvalue weighted by atomic mass is 10.1. The van der Waals surface area contributed by atoms with Crippen LogP contribution >= 0.6 is 11.6 Å². The van der Waals surface area contributed by atoms with E-state index >= 15 is 0 Å². The molecule has 0 bridgehead atoms. The summed E-state index contributed by atoms with van der Waals surface area (Å²) in [4.78, 5) is 12.5. The Bertz CT molecular complexity index is 1160. The number of hydrogen-bond acceptors (Lipinski definition) is 5. The van der Waals surface area contributed by atoms with Crippen LogP contribution in [0.4, 0.5) is 5.69 Å². The maximum absolute atomic E-state index is 12.5. The van der Waals surface area contributed by atoms with E-state index in [0.29, 0.717) is 40.4 Å². The number of rotatable bonds is 6. The molecule has 150 valence electrons. The second-order valence-electron chi connectivity index (χ2n) is 6.39. The number of aromatic nitrogens is 2. The SMILES string of the molecule is CCOc1ccc(C(=O)Nc2ccc(-c3nnc(-c4ccccc4)o3)cc2)cc1Cl. The Morgan fingerprint density at radius 2 is 1.63 bits per heavy atom. The van der Waals surface area contributed by atoms with Crippen LogP contribution in [0.5, 0.6) is 5.75 Å². The fourth-order valence-electron chi connectivity index (χ4n) is 2.85. The van der Waals surface area contributed by atoms with E-state index in [1.54, 1.807) is 30.3 Å². The van der Waals surface area contributed by atoms with Crippen molar-refractivity contribution in [2.24, 2.45) is 0 Å². The van der Waals surface area contributed by atoms with Crippen LogP contribution in [0.1, 0.15) is 17.3 Å². The van der Waals surface area contributed by atoms with Crippen LogP contribution in [0.25, 0.3) is 22.9 Å². The van der Waals surface area contributed by atoms with Gasteiger partial charge in [-0.1, -0.05) is 29.8 Å². The molecule has 4 rings (SSSR count). The Kier molecular flexibility index (Phi) is 5.77. The number of anilines is 1. The number of halogens is 1. The average Bonchev–Trinajstić information content (AvgIpc) is 3.27. The molecule has 0 aliphatic carbocycles. The van der Waals surface area contributed by atoms with Gasteiger partial charge in [-0.25, -0.2) is 0 Å². The number of carbonyl (C=O) groups excluding carboxylic acids is 1. The fraction of sp³-hybridized carbons (Fsp3) is 0.0870. The lowest BCUT2D eigenvalue weighted by Crippen LogP contribution is -2.11. The zero-order valence-corrected chi connectivity index (χ0v) is 16.9. The predicted octanol–water partition coefficient (Wildman–Crippen LogP) is 5.71. The minimum atomic E-state index is -0.267. The average molecular weight is 420 g/mol. The van der Waals surface area contributed by atoms with Crippen LogP contribution in [-0.2, 0) is 0 Å². The van der Waals surface area contributed by atoms with E-state index in [-0.39, 0.29) is 5.91 Å². The molecule has 1 N–H and O–H groups in total. The van der Waals surface area contributed by atoms with Gasteiger partial charge in [-0.2, -0.15) is 0 Å². The fourth-order valence-corrected chi connectivity index (χ4v) is 3.09. The van der Waals surface area contributed by atoms with Gasteiger partial charge in [-0.3, -0.25) is 4.79 Å². The largest absolute Gasteiger partial charge is 0.492 e. The molecule has 1 amide bonds. The van der Waals surface area contributed by atoms with E-state index in [2.05, 4.69) is 15.5 Å². The molecule has 1 heterocycles. The van der Waals surface area contributed by atoms with Crippen molar-refractivity contribution >= 4 is 23.2 Å². The third-order valence-electron chi connectivity index (χ3n) is 4.33. The Hall–Kier alpha value is -3.64. The highest BCUT2D eigenvalue weighted by Crippen LogP contribution is 2.27. The van der Waals surface area contributed by atoms with E-state index < -0.39 is 0 Å². The van der Waals surface area contributed by atoms with Crippen LogP contribution in [0, 0.1) is 0 Å². The van der Waals surface area contributed by atoms with Gasteiger partial charge in [0.2, 0.25) is 11.8 Å². The first-order chi connectivity index (χ1) is 14.6. The Labute approximate surface area is 178 Å². The lowest BCUT2D eigenvalue weighted by molar-refractivity contribution is 0.102. The van der Waals surface area contributed by atoms with Crippen molar-refractivity contribution in [3.8, 4) is 28.7 Å². The van der Waals surface area contributed by atoms with Gasteiger partial charge in [0.15, 0.2) is 0 Å². The van der Waals surface area contributed by atoms with Gasteiger partial charge < -0.3 is 14.5 Å². The van der Waals surface area contributed by atoms with E-state index in [4.69, 9.17) is 20.8 Å². The van der Waals surface area contributed by atoms with Crippen molar-refractivity contribution in [2.45, 2.75) is 6.92 Å². The van der Waals surface area contributed by atoms with Crippen LogP contribution < -0.4 is 10.1 Å². The van der Waals surface area contributed by atoms with E-state index in [0.717, 1.165) is 11.1 Å². The number of benzene rings is 3. The molecular formula is C23H18ClN3O3. The quantitative estimate of drug-likeness (QED) is 0.433. The molecule has 0 fully saturated rings. The molecule has 4 aromatic rings. The van der Waals surface area contributed by atoms with E-state index in [9.17, 15) is 4.79 Å². The Morgan fingerprint density at radius 1 is 0.967 bits per heavy atom. The van der Waals surface area contributed by atoms with Gasteiger partial charge in [0.1, 0.15) is 5.75 Å². The summed E-state index contributed by atoms with van der Waals surface area (Å²) in [5.74, 6) is 1.15. The summed E-state index contributed by atoms with van der Waals surface area (Å²) in [5.41, 5.74) is 2.69. The molecule has 6 nitrogen and oxygen atoms in total. The van der Waals surface area contributed by atoms with E-state index in [1.165, 1.54) is 0 Å². The molecule has 7 heteroatoms. The van der Waals surface area contributed by atoms with Gasteiger partial charge in [-0.15, -0.1) is 10.2 Å². The zero-order valence-electron chi connectivity index (χ0n) is 16.1. The number of hydrogen-bond donors (Lipinski definition) is 1. The lowest BCUT2D eigenvalue weighted by Gasteiger charge is -2.09. The predicted molar refractivity (Wildman–Crippen MR) is 116 cm³/mol. The van der Waals surface area contributed by atoms with Crippen molar-refractivity contribution in [1.82, 2.24) is 10.2 Å². The molecule has 0 atom stereocenters. The molecule has 0 radical (unpaired) electrons. The molecule has 3 aromatic carbocycles. The first kappa shape index (κ1) is 19.7. The summed E-state index contributed by atoms with van der Waals surface area (Å²) in [7, 11) is 0. The van der Waals surface area contributed by atoms with Crippen molar-refractivity contribution in [3.05, 3.63) is 83.4 Å². The van der Waals surface area contributed by atoms with Crippen molar-refractivity contribution in [2.75, 3.05) is 11.9 Å².